The van der Waals surface area contributed by atoms with E-state index >= 15 is 0 Å². The number of amides is 1. The number of aromatic hydroxyl groups is 2. The highest BCUT2D eigenvalue weighted by Crippen LogP contribution is 2.57. The average Bonchev–Trinajstić information content (AvgIpc) is 3.37. The number of hydrogen-bond acceptors (Lipinski definition) is 7. The summed E-state index contributed by atoms with van der Waals surface area (Å²) in [4.78, 5) is 31.6. The van der Waals surface area contributed by atoms with Crippen LogP contribution in [-0.4, -0.2) is 58.1 Å². The minimum absolute atomic E-state index is 0.0225. The molecular formula is C38H28Cl2N2O6. The molecule has 0 aliphatic carbocycles. The summed E-state index contributed by atoms with van der Waals surface area (Å²) >= 11 is 12.4. The largest absolute Gasteiger partial charge is 0.508 e. The van der Waals surface area contributed by atoms with Crippen molar-refractivity contribution in [1.82, 2.24) is 9.80 Å². The Hall–Kier alpha value is -5.02. The molecule has 8 nitrogen and oxygen atoms in total. The fourth-order valence-electron chi connectivity index (χ4n) is 7.11. The highest BCUT2D eigenvalue weighted by Gasteiger charge is 2.54. The number of halogens is 2. The highest BCUT2D eigenvalue weighted by atomic mass is 35.5. The summed E-state index contributed by atoms with van der Waals surface area (Å²) in [5.74, 6) is -0.220. The molecule has 3 aliphatic rings. The van der Waals surface area contributed by atoms with Crippen LogP contribution in [-0.2, 0) is 10.3 Å². The quantitative estimate of drug-likeness (QED) is 0.190. The summed E-state index contributed by atoms with van der Waals surface area (Å²) in [6.45, 7) is 2.25. The number of phenolic OH excluding ortho intramolecular Hbond substituents is 2. The van der Waals surface area contributed by atoms with E-state index in [0.717, 1.165) is 11.1 Å². The Labute approximate surface area is 286 Å². The lowest BCUT2D eigenvalue weighted by molar-refractivity contribution is 0.0224. The molecule has 0 aromatic heterocycles. The Balaban J connectivity index is 1.08. The summed E-state index contributed by atoms with van der Waals surface area (Å²) in [5.41, 5.74) is 3.04. The van der Waals surface area contributed by atoms with Crippen LogP contribution < -0.4 is 4.74 Å². The van der Waals surface area contributed by atoms with E-state index in [-0.39, 0.29) is 29.0 Å². The standard InChI is InChI=1S/C38H28Cl2N2O6/c39-25-6-1-22(2-7-25)35(23-3-8-26(40)9-4-23)41-15-17-42(18-16-41)36(45)24-5-12-30-29(19-24)37(46)48-38(30)31-13-10-27(43)20-33(31)47-34-21-28(44)11-14-32(34)38/h1-14,19-21,35,43-44H,15-18H2. The van der Waals surface area contributed by atoms with Crippen LogP contribution in [0, 0.1) is 0 Å². The predicted molar refractivity (Wildman–Crippen MR) is 180 cm³/mol. The van der Waals surface area contributed by atoms with E-state index < -0.39 is 11.6 Å². The van der Waals surface area contributed by atoms with Gasteiger partial charge in [-0.15, -0.1) is 0 Å². The molecule has 0 atom stereocenters. The van der Waals surface area contributed by atoms with Crippen molar-refractivity contribution in [2.45, 2.75) is 11.6 Å². The molecule has 48 heavy (non-hydrogen) atoms. The van der Waals surface area contributed by atoms with Crippen LogP contribution in [0.5, 0.6) is 23.0 Å². The molecule has 240 valence electrons. The van der Waals surface area contributed by atoms with Crippen LogP contribution in [0.25, 0.3) is 0 Å². The van der Waals surface area contributed by atoms with Crippen LogP contribution >= 0.6 is 23.2 Å². The Bertz CT molecular complexity index is 2000. The number of carbonyl (C=O) groups excluding carboxylic acids is 2. The molecule has 5 aromatic rings. The SMILES string of the molecule is O=C1OC2(c3ccc(O)cc3Oc3cc(O)ccc32)c2ccc(C(=O)N3CCN(C(c4ccc(Cl)cc4)c4ccc(Cl)cc4)CC3)cc21. The smallest absolute Gasteiger partial charge is 0.340 e. The number of rotatable bonds is 4. The molecule has 1 saturated heterocycles. The third-order valence-corrected chi connectivity index (χ3v) is 9.86. The third-order valence-electron chi connectivity index (χ3n) is 9.36. The molecule has 1 fully saturated rings. The number of benzene rings is 5. The van der Waals surface area contributed by atoms with Crippen LogP contribution in [0.4, 0.5) is 0 Å². The average molecular weight is 680 g/mol. The second kappa shape index (κ2) is 11.6. The number of piperazine rings is 1. The van der Waals surface area contributed by atoms with E-state index in [1.54, 1.807) is 35.2 Å². The maximum Gasteiger partial charge on any atom is 0.340 e. The van der Waals surface area contributed by atoms with Gasteiger partial charge in [-0.05, 0) is 71.8 Å². The van der Waals surface area contributed by atoms with Crippen molar-refractivity contribution < 1.29 is 29.3 Å². The van der Waals surface area contributed by atoms with Crippen LogP contribution in [0.15, 0.2) is 103 Å². The van der Waals surface area contributed by atoms with Gasteiger partial charge in [-0.3, -0.25) is 9.69 Å². The first-order valence-electron chi connectivity index (χ1n) is 15.5. The molecule has 5 aromatic carbocycles. The molecule has 1 spiro atoms. The Morgan fingerprint density at radius 1 is 0.688 bits per heavy atom. The van der Waals surface area contributed by atoms with E-state index in [1.165, 1.54) is 24.3 Å². The van der Waals surface area contributed by atoms with Crippen molar-refractivity contribution in [3.05, 3.63) is 152 Å². The minimum Gasteiger partial charge on any atom is -0.508 e. The molecule has 1 amide bonds. The van der Waals surface area contributed by atoms with Crippen molar-refractivity contribution in [3.8, 4) is 23.0 Å². The van der Waals surface area contributed by atoms with Crippen LogP contribution in [0.2, 0.25) is 10.0 Å². The van der Waals surface area contributed by atoms with Crippen molar-refractivity contribution in [3.63, 3.8) is 0 Å². The Morgan fingerprint density at radius 2 is 1.21 bits per heavy atom. The minimum atomic E-state index is -1.39. The Morgan fingerprint density at radius 3 is 1.75 bits per heavy atom. The van der Waals surface area contributed by atoms with E-state index in [4.69, 9.17) is 32.7 Å². The highest BCUT2D eigenvalue weighted by molar-refractivity contribution is 6.30. The number of ether oxygens (including phenoxy) is 2. The van der Waals surface area contributed by atoms with Gasteiger partial charge in [-0.25, -0.2) is 4.79 Å². The summed E-state index contributed by atoms with van der Waals surface area (Å²) in [7, 11) is 0. The van der Waals surface area contributed by atoms with Gasteiger partial charge in [0.2, 0.25) is 0 Å². The van der Waals surface area contributed by atoms with E-state index in [2.05, 4.69) is 4.90 Å². The number of hydrogen-bond donors (Lipinski definition) is 2. The van der Waals surface area contributed by atoms with Gasteiger partial charge in [0.15, 0.2) is 5.60 Å². The molecule has 0 radical (unpaired) electrons. The van der Waals surface area contributed by atoms with Crippen molar-refractivity contribution in [1.29, 1.82) is 0 Å². The zero-order valence-electron chi connectivity index (χ0n) is 25.4. The number of fused-ring (bicyclic) bond motifs is 6. The second-order valence-corrected chi connectivity index (χ2v) is 13.0. The fourth-order valence-corrected chi connectivity index (χ4v) is 7.36. The first-order valence-corrected chi connectivity index (χ1v) is 16.2. The summed E-state index contributed by atoms with van der Waals surface area (Å²) < 4.78 is 12.2. The summed E-state index contributed by atoms with van der Waals surface area (Å²) in [5, 5.41) is 21.7. The zero-order valence-corrected chi connectivity index (χ0v) is 26.9. The molecule has 0 bridgehead atoms. The van der Waals surface area contributed by atoms with Gasteiger partial charge >= 0.3 is 5.97 Å². The molecule has 3 aliphatic heterocycles. The molecular weight excluding hydrogens is 651 g/mol. The van der Waals surface area contributed by atoms with Crippen LogP contribution in [0.1, 0.15) is 54.6 Å². The van der Waals surface area contributed by atoms with Crippen LogP contribution in [0.3, 0.4) is 0 Å². The molecule has 8 rings (SSSR count). The second-order valence-electron chi connectivity index (χ2n) is 12.1. The monoisotopic (exact) mass is 678 g/mol. The van der Waals surface area contributed by atoms with Gasteiger partial charge < -0.3 is 24.6 Å². The number of nitrogens with zero attached hydrogens (tertiary/aromatic N) is 2. The third kappa shape index (κ3) is 4.95. The zero-order chi connectivity index (χ0) is 33.2. The number of carbonyl (C=O) groups is 2. The van der Waals surface area contributed by atoms with Crippen molar-refractivity contribution in [2.24, 2.45) is 0 Å². The first-order chi connectivity index (χ1) is 23.2. The molecule has 3 heterocycles. The van der Waals surface area contributed by atoms with E-state index in [0.29, 0.717) is 70.0 Å². The summed E-state index contributed by atoms with van der Waals surface area (Å²) in [6, 6.07) is 29.9. The van der Waals surface area contributed by atoms with Gasteiger partial charge in [-0.1, -0.05) is 53.5 Å². The molecule has 10 heteroatoms. The lowest BCUT2D eigenvalue weighted by Crippen LogP contribution is -2.49. The van der Waals surface area contributed by atoms with Gasteiger partial charge in [-0.2, -0.15) is 0 Å². The van der Waals surface area contributed by atoms with Crippen molar-refractivity contribution >= 4 is 35.1 Å². The fraction of sp³-hybridized carbons (Fsp3) is 0.158. The first kappa shape index (κ1) is 30.3. The molecule has 0 unspecified atom stereocenters. The Kier molecular flexibility index (Phi) is 7.32. The van der Waals surface area contributed by atoms with Crippen molar-refractivity contribution in [2.75, 3.05) is 26.2 Å². The predicted octanol–water partition coefficient (Wildman–Crippen LogP) is 7.52. The lowest BCUT2D eigenvalue weighted by atomic mass is 9.77. The molecule has 2 N–H and O–H groups in total. The van der Waals surface area contributed by atoms with Gasteiger partial charge in [0, 0.05) is 70.6 Å². The van der Waals surface area contributed by atoms with Gasteiger partial charge in [0.25, 0.3) is 5.91 Å². The topological polar surface area (TPSA) is 99.5 Å². The maximum absolute atomic E-state index is 13.9. The van der Waals surface area contributed by atoms with Gasteiger partial charge in [0.1, 0.15) is 23.0 Å². The normalized spacial score (nSPS) is 16.2. The molecule has 0 saturated carbocycles. The number of phenols is 2. The number of esters is 1. The van der Waals surface area contributed by atoms with E-state index in [9.17, 15) is 19.8 Å². The summed E-state index contributed by atoms with van der Waals surface area (Å²) in [6.07, 6.45) is 0. The van der Waals surface area contributed by atoms with Gasteiger partial charge in [0.05, 0.1) is 11.6 Å². The van der Waals surface area contributed by atoms with E-state index in [1.807, 2.05) is 48.5 Å². The maximum atomic E-state index is 13.9. The lowest BCUT2D eigenvalue weighted by Gasteiger charge is -2.40.